The van der Waals surface area contributed by atoms with Crippen molar-refractivity contribution in [2.75, 3.05) is 11.9 Å². The minimum Gasteiger partial charge on any atom is -0.324 e. The van der Waals surface area contributed by atoms with Crippen LogP contribution in [0.1, 0.15) is 21.5 Å². The van der Waals surface area contributed by atoms with Crippen LogP contribution in [0.3, 0.4) is 0 Å². The number of amides is 2. The number of rotatable bonds is 3. The van der Waals surface area contributed by atoms with Gasteiger partial charge in [0.1, 0.15) is 6.54 Å². The molecular formula is C17H12ClF3N2O4S. The van der Waals surface area contributed by atoms with Crippen molar-refractivity contribution in [1.82, 2.24) is 4.31 Å². The molecule has 148 valence electrons. The predicted octanol–water partition coefficient (Wildman–Crippen LogP) is 3.28. The van der Waals surface area contributed by atoms with E-state index in [2.05, 4.69) is 5.32 Å². The van der Waals surface area contributed by atoms with Crippen LogP contribution in [0.4, 0.5) is 18.9 Å². The molecule has 1 heterocycles. The molecule has 0 radical (unpaired) electrons. The Morgan fingerprint density at radius 3 is 2.54 bits per heavy atom. The maximum atomic E-state index is 12.9. The molecule has 2 aromatic carbocycles. The Kier molecular flexibility index (Phi) is 5.11. The predicted molar refractivity (Wildman–Crippen MR) is 95.2 cm³/mol. The van der Waals surface area contributed by atoms with Crippen LogP contribution in [0.25, 0.3) is 0 Å². The first-order valence-corrected chi connectivity index (χ1v) is 9.77. The molecule has 1 aliphatic heterocycles. The van der Waals surface area contributed by atoms with Gasteiger partial charge in [0.15, 0.2) is 0 Å². The number of carbonyl (C=O) groups excluding carboxylic acids is 2. The third kappa shape index (κ3) is 3.97. The molecule has 0 unspecified atom stereocenters. The molecule has 6 nitrogen and oxygen atoms in total. The molecule has 0 saturated heterocycles. The number of hydrogen-bond acceptors (Lipinski definition) is 4. The van der Waals surface area contributed by atoms with E-state index in [1.165, 1.54) is 12.1 Å². The van der Waals surface area contributed by atoms with E-state index in [-0.39, 0.29) is 11.3 Å². The fourth-order valence-electron chi connectivity index (χ4n) is 2.71. The number of carbonyl (C=O) groups is 2. The summed E-state index contributed by atoms with van der Waals surface area (Å²) in [5.41, 5.74) is -0.917. The number of nitrogens with zero attached hydrogens (tertiary/aromatic N) is 1. The van der Waals surface area contributed by atoms with Gasteiger partial charge in [0.2, 0.25) is 15.9 Å². The van der Waals surface area contributed by atoms with E-state index in [9.17, 15) is 31.2 Å². The van der Waals surface area contributed by atoms with E-state index >= 15 is 0 Å². The van der Waals surface area contributed by atoms with E-state index in [0.717, 1.165) is 12.1 Å². The molecule has 28 heavy (non-hydrogen) atoms. The number of benzene rings is 2. The van der Waals surface area contributed by atoms with Crippen molar-refractivity contribution in [3.05, 3.63) is 64.2 Å². The summed E-state index contributed by atoms with van der Waals surface area (Å²) in [6.07, 6.45) is -4.73. The monoisotopic (exact) mass is 432 g/mol. The van der Waals surface area contributed by atoms with Gasteiger partial charge in [-0.1, -0.05) is 29.8 Å². The van der Waals surface area contributed by atoms with E-state index in [1.807, 2.05) is 0 Å². The molecule has 11 heteroatoms. The number of fused-ring (bicyclic) bond motifs is 1. The van der Waals surface area contributed by atoms with E-state index in [4.69, 9.17) is 11.6 Å². The second-order valence-electron chi connectivity index (χ2n) is 5.97. The maximum Gasteiger partial charge on any atom is 0.417 e. The highest BCUT2D eigenvalue weighted by Crippen LogP contribution is 2.36. The van der Waals surface area contributed by atoms with Crippen molar-refractivity contribution in [2.45, 2.75) is 11.9 Å². The van der Waals surface area contributed by atoms with Gasteiger partial charge in [-0.25, -0.2) is 12.7 Å². The van der Waals surface area contributed by atoms with Gasteiger partial charge in [0.25, 0.3) is 5.91 Å². The summed E-state index contributed by atoms with van der Waals surface area (Å²) in [7, 11) is -4.09. The molecule has 1 N–H and O–H groups in total. The zero-order valence-electron chi connectivity index (χ0n) is 14.0. The Morgan fingerprint density at radius 2 is 1.86 bits per heavy atom. The lowest BCUT2D eigenvalue weighted by atomic mass is 10.1. The molecule has 0 aromatic heterocycles. The fourth-order valence-corrected chi connectivity index (χ4v) is 4.40. The third-order valence-electron chi connectivity index (χ3n) is 3.99. The lowest BCUT2D eigenvalue weighted by Crippen LogP contribution is -2.45. The first-order chi connectivity index (χ1) is 13.0. The lowest BCUT2D eigenvalue weighted by Gasteiger charge is -2.27. The van der Waals surface area contributed by atoms with Gasteiger partial charge >= 0.3 is 6.18 Å². The van der Waals surface area contributed by atoms with Crippen LogP contribution in [0.5, 0.6) is 0 Å². The van der Waals surface area contributed by atoms with Crippen LogP contribution < -0.4 is 5.32 Å². The summed E-state index contributed by atoms with van der Waals surface area (Å²) >= 11 is 5.51. The molecular weight excluding hydrogens is 421 g/mol. The van der Waals surface area contributed by atoms with Crippen molar-refractivity contribution in [3.8, 4) is 0 Å². The summed E-state index contributed by atoms with van der Waals surface area (Å²) in [5.74, 6) is -2.29. The molecule has 1 aliphatic rings. The molecule has 3 rings (SSSR count). The minimum atomic E-state index is -4.73. The SMILES string of the molecule is O=C(CN1C(=O)c2ccccc2CS1(=O)=O)Nc1ccc(Cl)c(C(F)(F)F)c1. The van der Waals surface area contributed by atoms with Crippen LogP contribution in [0, 0.1) is 0 Å². The van der Waals surface area contributed by atoms with E-state index < -0.39 is 50.9 Å². The molecule has 0 saturated carbocycles. The molecule has 2 amide bonds. The van der Waals surface area contributed by atoms with Gasteiger partial charge in [0, 0.05) is 11.3 Å². The largest absolute Gasteiger partial charge is 0.417 e. The van der Waals surface area contributed by atoms with Gasteiger partial charge in [-0.2, -0.15) is 13.2 Å². The summed E-state index contributed by atoms with van der Waals surface area (Å²) in [4.78, 5) is 24.6. The smallest absolute Gasteiger partial charge is 0.324 e. The second kappa shape index (κ2) is 7.10. The van der Waals surface area contributed by atoms with Gasteiger partial charge in [-0.05, 0) is 29.8 Å². The van der Waals surface area contributed by atoms with Crippen LogP contribution in [-0.2, 0) is 26.7 Å². The summed E-state index contributed by atoms with van der Waals surface area (Å²) in [6.45, 7) is -0.862. The van der Waals surface area contributed by atoms with Gasteiger partial charge in [-0.3, -0.25) is 9.59 Å². The Balaban J connectivity index is 1.81. The van der Waals surface area contributed by atoms with Crippen molar-refractivity contribution in [1.29, 1.82) is 0 Å². The standard InChI is InChI=1S/C17H12ClF3N2O4S/c18-14-6-5-11(7-13(14)17(19,20)21)22-15(24)8-23-16(25)12-4-2-1-3-10(12)9-28(23,26)27/h1-7H,8-9H2,(H,22,24). The van der Waals surface area contributed by atoms with E-state index in [0.29, 0.717) is 15.9 Å². The second-order valence-corrected chi connectivity index (χ2v) is 8.27. The van der Waals surface area contributed by atoms with E-state index in [1.54, 1.807) is 12.1 Å². The zero-order chi connectivity index (χ0) is 20.7. The molecule has 0 aliphatic carbocycles. The first kappa shape index (κ1) is 20.2. The Hall–Kier alpha value is -2.59. The normalized spacial score (nSPS) is 15.9. The van der Waals surface area contributed by atoms with Crippen LogP contribution in [-0.4, -0.2) is 31.1 Å². The number of nitrogens with one attached hydrogen (secondary N) is 1. The molecule has 2 aromatic rings. The average molecular weight is 433 g/mol. The Labute approximate surface area is 163 Å². The topological polar surface area (TPSA) is 83.6 Å². The number of hydrogen-bond donors (Lipinski definition) is 1. The minimum absolute atomic E-state index is 0.149. The van der Waals surface area contributed by atoms with Gasteiger partial charge < -0.3 is 5.32 Å². The number of alkyl halides is 3. The van der Waals surface area contributed by atoms with Crippen molar-refractivity contribution in [2.24, 2.45) is 0 Å². The highest BCUT2D eigenvalue weighted by atomic mass is 35.5. The first-order valence-electron chi connectivity index (χ1n) is 7.78. The van der Waals surface area contributed by atoms with Crippen molar-refractivity contribution < 1.29 is 31.2 Å². The lowest BCUT2D eigenvalue weighted by molar-refractivity contribution is -0.137. The molecule has 0 atom stereocenters. The summed E-state index contributed by atoms with van der Waals surface area (Å²) < 4.78 is 63.8. The van der Waals surface area contributed by atoms with Gasteiger partial charge in [0.05, 0.1) is 16.3 Å². The maximum absolute atomic E-state index is 12.9. The summed E-state index contributed by atoms with van der Waals surface area (Å²) in [6, 6.07) is 8.79. The highest BCUT2D eigenvalue weighted by Gasteiger charge is 2.37. The quantitative estimate of drug-likeness (QED) is 0.806. The van der Waals surface area contributed by atoms with Crippen molar-refractivity contribution in [3.63, 3.8) is 0 Å². The highest BCUT2D eigenvalue weighted by molar-refractivity contribution is 7.89. The Bertz CT molecular complexity index is 1070. The molecule has 0 fully saturated rings. The average Bonchev–Trinajstić information content (AvgIpc) is 2.59. The number of sulfonamides is 1. The molecule has 0 spiro atoms. The number of anilines is 1. The molecule has 0 bridgehead atoms. The summed E-state index contributed by atoms with van der Waals surface area (Å²) in [5, 5.41) is 1.61. The zero-order valence-corrected chi connectivity index (χ0v) is 15.5. The Morgan fingerprint density at radius 1 is 1.18 bits per heavy atom. The number of halogens is 4. The fraction of sp³-hybridized carbons (Fsp3) is 0.176. The van der Waals surface area contributed by atoms with Crippen LogP contribution in [0.2, 0.25) is 5.02 Å². The third-order valence-corrected chi connectivity index (χ3v) is 5.96. The van der Waals surface area contributed by atoms with Crippen LogP contribution in [0.15, 0.2) is 42.5 Å². The van der Waals surface area contributed by atoms with Crippen LogP contribution >= 0.6 is 11.6 Å². The van der Waals surface area contributed by atoms with Gasteiger partial charge in [-0.15, -0.1) is 0 Å². The van der Waals surface area contributed by atoms with Crippen molar-refractivity contribution >= 4 is 39.1 Å².